The molecule has 1 amide bonds. The van der Waals surface area contributed by atoms with Crippen LogP contribution in [-0.2, 0) is 17.6 Å². The molecule has 154 valence electrons. The van der Waals surface area contributed by atoms with Gasteiger partial charge in [0.15, 0.2) is 0 Å². The van der Waals surface area contributed by atoms with E-state index in [1.165, 1.54) is 12.8 Å². The number of anilines is 1. The summed E-state index contributed by atoms with van der Waals surface area (Å²) in [6, 6.07) is 0. The van der Waals surface area contributed by atoms with Crippen molar-refractivity contribution in [1.82, 2.24) is 20.2 Å². The highest BCUT2D eigenvalue weighted by Crippen LogP contribution is 2.29. The molecule has 0 aromatic carbocycles. The molecule has 1 N–H and O–H groups in total. The van der Waals surface area contributed by atoms with E-state index in [0.29, 0.717) is 24.1 Å². The summed E-state index contributed by atoms with van der Waals surface area (Å²) < 4.78 is 5.49. The smallest absolute Gasteiger partial charge is 0.270 e. The molecule has 28 heavy (non-hydrogen) atoms. The summed E-state index contributed by atoms with van der Waals surface area (Å²) in [7, 11) is 0. The molecule has 3 aliphatic heterocycles. The summed E-state index contributed by atoms with van der Waals surface area (Å²) in [6.45, 7) is 12.0. The number of nitrogens with zero attached hydrogens (tertiary/aromatic N) is 4. The molecule has 0 bridgehead atoms. The molecular formula is C21H33N5O2. The van der Waals surface area contributed by atoms with E-state index in [-0.39, 0.29) is 5.91 Å². The van der Waals surface area contributed by atoms with Crippen LogP contribution >= 0.6 is 0 Å². The zero-order chi connectivity index (χ0) is 19.5. The first-order valence-corrected chi connectivity index (χ1v) is 10.8. The predicted octanol–water partition coefficient (Wildman–Crippen LogP) is 1.51. The third-order valence-electron chi connectivity index (χ3n) is 5.94. The Morgan fingerprint density at radius 3 is 2.82 bits per heavy atom. The predicted molar refractivity (Wildman–Crippen MR) is 109 cm³/mol. The Hall–Kier alpha value is -1.73. The number of fused-ring (bicyclic) bond motifs is 1. The van der Waals surface area contributed by atoms with Crippen molar-refractivity contribution >= 4 is 11.7 Å². The molecule has 0 aliphatic carbocycles. The fourth-order valence-electron chi connectivity index (χ4n) is 4.59. The molecule has 7 nitrogen and oxygen atoms in total. The lowest BCUT2D eigenvalue weighted by Crippen LogP contribution is -2.45. The van der Waals surface area contributed by atoms with Crippen molar-refractivity contribution < 1.29 is 9.53 Å². The molecule has 1 aromatic heterocycles. The minimum Gasteiger partial charge on any atom is -0.379 e. The molecule has 0 saturated carbocycles. The van der Waals surface area contributed by atoms with Gasteiger partial charge in [-0.25, -0.2) is 9.97 Å². The van der Waals surface area contributed by atoms with Gasteiger partial charge in [-0.15, -0.1) is 0 Å². The van der Waals surface area contributed by atoms with E-state index in [1.54, 1.807) is 0 Å². The van der Waals surface area contributed by atoms with Crippen molar-refractivity contribution in [3.05, 3.63) is 17.1 Å². The van der Waals surface area contributed by atoms with Crippen LogP contribution in [0.25, 0.3) is 0 Å². The standard InChI is InChI=1S/C21H33N5O2/c1-15(2)12-18-23-19-17(5-6-22-21(19)27)20(24-18)26-7-3-4-16(14-26)13-25-8-10-28-11-9-25/h15-16H,3-14H2,1-2H3,(H,22,27). The van der Waals surface area contributed by atoms with Crippen LogP contribution in [0.1, 0.15) is 48.6 Å². The summed E-state index contributed by atoms with van der Waals surface area (Å²) in [6.07, 6.45) is 4.07. The molecule has 0 spiro atoms. The lowest BCUT2D eigenvalue weighted by molar-refractivity contribution is 0.0296. The average Bonchev–Trinajstić information content (AvgIpc) is 2.69. The number of aromatic nitrogens is 2. The lowest BCUT2D eigenvalue weighted by atomic mass is 9.96. The number of carbonyl (C=O) groups is 1. The summed E-state index contributed by atoms with van der Waals surface area (Å²) in [5.74, 6) is 2.88. The maximum atomic E-state index is 12.4. The Kier molecular flexibility index (Phi) is 6.11. The second kappa shape index (κ2) is 8.74. The summed E-state index contributed by atoms with van der Waals surface area (Å²) in [4.78, 5) is 27.0. The number of ether oxygens (including phenoxy) is 1. The van der Waals surface area contributed by atoms with Gasteiger partial charge in [0.25, 0.3) is 5.91 Å². The topological polar surface area (TPSA) is 70.6 Å². The molecule has 2 fully saturated rings. The largest absolute Gasteiger partial charge is 0.379 e. The van der Waals surface area contributed by atoms with Gasteiger partial charge >= 0.3 is 0 Å². The van der Waals surface area contributed by atoms with Crippen LogP contribution in [0.3, 0.4) is 0 Å². The van der Waals surface area contributed by atoms with Gasteiger partial charge in [0, 0.05) is 51.3 Å². The van der Waals surface area contributed by atoms with Crippen molar-refractivity contribution in [3.63, 3.8) is 0 Å². The molecular weight excluding hydrogens is 354 g/mol. The van der Waals surface area contributed by atoms with Crippen LogP contribution in [0.5, 0.6) is 0 Å². The van der Waals surface area contributed by atoms with Gasteiger partial charge < -0.3 is 15.0 Å². The fourth-order valence-corrected chi connectivity index (χ4v) is 4.59. The van der Waals surface area contributed by atoms with Gasteiger partial charge in [-0.3, -0.25) is 9.69 Å². The number of hydrogen-bond acceptors (Lipinski definition) is 6. The Morgan fingerprint density at radius 2 is 2.04 bits per heavy atom. The molecule has 1 aromatic rings. The highest BCUT2D eigenvalue weighted by atomic mass is 16.5. The molecule has 3 aliphatic rings. The summed E-state index contributed by atoms with van der Waals surface area (Å²) in [5, 5.41) is 2.95. The number of nitrogens with one attached hydrogen (secondary N) is 1. The number of amides is 1. The summed E-state index contributed by atoms with van der Waals surface area (Å²) >= 11 is 0. The third-order valence-corrected chi connectivity index (χ3v) is 5.94. The van der Waals surface area contributed by atoms with Crippen LogP contribution in [0.2, 0.25) is 0 Å². The quantitative estimate of drug-likeness (QED) is 0.826. The minimum absolute atomic E-state index is 0.0446. The van der Waals surface area contributed by atoms with E-state index >= 15 is 0 Å². The zero-order valence-corrected chi connectivity index (χ0v) is 17.2. The van der Waals surface area contributed by atoms with Crippen LogP contribution in [0, 0.1) is 11.8 Å². The number of carbonyl (C=O) groups excluding carboxylic acids is 1. The zero-order valence-electron chi connectivity index (χ0n) is 17.2. The van der Waals surface area contributed by atoms with E-state index in [2.05, 4.69) is 33.9 Å². The first kappa shape index (κ1) is 19.6. The molecule has 1 unspecified atom stereocenters. The Balaban J connectivity index is 1.56. The van der Waals surface area contributed by atoms with Crippen LogP contribution in [-0.4, -0.2) is 73.3 Å². The van der Waals surface area contributed by atoms with E-state index in [4.69, 9.17) is 9.72 Å². The highest BCUT2D eigenvalue weighted by molar-refractivity contribution is 5.96. The number of rotatable bonds is 5. The molecule has 2 saturated heterocycles. The van der Waals surface area contributed by atoms with Gasteiger partial charge in [-0.2, -0.15) is 0 Å². The number of hydrogen-bond donors (Lipinski definition) is 1. The number of piperidine rings is 1. The second-order valence-corrected chi connectivity index (χ2v) is 8.76. The van der Waals surface area contributed by atoms with E-state index in [0.717, 1.165) is 76.0 Å². The second-order valence-electron chi connectivity index (χ2n) is 8.76. The van der Waals surface area contributed by atoms with Crippen LogP contribution < -0.4 is 10.2 Å². The molecule has 7 heteroatoms. The van der Waals surface area contributed by atoms with Gasteiger partial charge in [0.05, 0.1) is 13.2 Å². The molecule has 4 heterocycles. The Labute approximate surface area is 167 Å². The van der Waals surface area contributed by atoms with Gasteiger partial charge in [0.1, 0.15) is 17.3 Å². The highest BCUT2D eigenvalue weighted by Gasteiger charge is 2.30. The fraction of sp³-hybridized carbons (Fsp3) is 0.762. The monoisotopic (exact) mass is 387 g/mol. The van der Waals surface area contributed by atoms with Gasteiger partial charge in [0.2, 0.25) is 0 Å². The van der Waals surface area contributed by atoms with Crippen molar-refractivity contribution in [2.24, 2.45) is 11.8 Å². The molecule has 0 radical (unpaired) electrons. The van der Waals surface area contributed by atoms with Crippen molar-refractivity contribution in [2.45, 2.75) is 39.5 Å². The van der Waals surface area contributed by atoms with Crippen molar-refractivity contribution in [2.75, 3.05) is 57.4 Å². The summed E-state index contributed by atoms with van der Waals surface area (Å²) in [5.41, 5.74) is 1.64. The lowest BCUT2D eigenvalue weighted by Gasteiger charge is -2.38. The van der Waals surface area contributed by atoms with Crippen molar-refractivity contribution in [1.29, 1.82) is 0 Å². The van der Waals surface area contributed by atoms with E-state index < -0.39 is 0 Å². The van der Waals surface area contributed by atoms with Gasteiger partial charge in [-0.1, -0.05) is 13.8 Å². The minimum atomic E-state index is -0.0446. The van der Waals surface area contributed by atoms with Crippen LogP contribution in [0.4, 0.5) is 5.82 Å². The Morgan fingerprint density at radius 1 is 1.21 bits per heavy atom. The molecule has 4 rings (SSSR count). The molecule has 1 atom stereocenters. The Bertz CT molecular complexity index is 702. The van der Waals surface area contributed by atoms with Gasteiger partial charge in [-0.05, 0) is 31.1 Å². The van der Waals surface area contributed by atoms with Crippen molar-refractivity contribution in [3.8, 4) is 0 Å². The first-order valence-electron chi connectivity index (χ1n) is 10.8. The van der Waals surface area contributed by atoms with E-state index in [9.17, 15) is 4.79 Å². The normalized spacial score (nSPS) is 23.6. The van der Waals surface area contributed by atoms with E-state index in [1.807, 2.05) is 0 Å². The SMILES string of the molecule is CC(C)Cc1nc2c(c(N3CCCC(CN4CCOCC4)C3)n1)CCNC2=O. The third kappa shape index (κ3) is 4.46. The average molecular weight is 388 g/mol. The first-order chi connectivity index (χ1) is 13.6. The maximum absolute atomic E-state index is 12.4. The number of morpholine rings is 1. The van der Waals surface area contributed by atoms with Crippen LogP contribution in [0.15, 0.2) is 0 Å². The maximum Gasteiger partial charge on any atom is 0.270 e.